The molecule has 0 bridgehead atoms. The number of amides is 3. The van der Waals surface area contributed by atoms with Crippen molar-refractivity contribution in [2.45, 2.75) is 12.8 Å². The van der Waals surface area contributed by atoms with Crippen molar-refractivity contribution in [1.29, 1.82) is 0 Å². The summed E-state index contributed by atoms with van der Waals surface area (Å²) >= 11 is 0. The van der Waals surface area contributed by atoms with Crippen LogP contribution >= 0.6 is 0 Å². The number of hydrogen-bond donors (Lipinski definition) is 2. The molecule has 2 aliphatic heterocycles. The van der Waals surface area contributed by atoms with Gasteiger partial charge in [-0.15, -0.1) is 0 Å². The average Bonchev–Trinajstić information content (AvgIpc) is 3.06. The van der Waals surface area contributed by atoms with Gasteiger partial charge < -0.3 is 30.2 Å². The van der Waals surface area contributed by atoms with Crippen molar-refractivity contribution in [3.8, 4) is 17.2 Å². The van der Waals surface area contributed by atoms with Gasteiger partial charge in [-0.3, -0.25) is 4.79 Å². The van der Waals surface area contributed by atoms with E-state index in [1.807, 2.05) is 0 Å². The maximum Gasteiger partial charge on any atom is 0.317 e. The second-order valence-electron chi connectivity index (χ2n) is 5.76. The van der Waals surface area contributed by atoms with Gasteiger partial charge in [-0.05, 0) is 25.0 Å². The summed E-state index contributed by atoms with van der Waals surface area (Å²) in [7, 11) is 0. The first-order chi connectivity index (χ1) is 11.6. The molecule has 8 heteroatoms. The highest BCUT2D eigenvalue weighted by atomic mass is 16.7. The molecule has 8 nitrogen and oxygen atoms in total. The number of nitrogens with one attached hydrogen (secondary N) is 1. The zero-order valence-corrected chi connectivity index (χ0v) is 13.3. The summed E-state index contributed by atoms with van der Waals surface area (Å²) in [5, 5.41) is 2.81. The summed E-state index contributed by atoms with van der Waals surface area (Å²) in [6.07, 6.45) is 1.24. The monoisotopic (exact) mass is 335 g/mol. The van der Waals surface area contributed by atoms with Gasteiger partial charge in [0, 0.05) is 25.1 Å². The van der Waals surface area contributed by atoms with Crippen molar-refractivity contribution in [1.82, 2.24) is 10.2 Å². The summed E-state index contributed by atoms with van der Waals surface area (Å²) in [6, 6.07) is 5.20. The largest absolute Gasteiger partial charge is 0.492 e. The number of primary amides is 1. The molecule has 0 atom stereocenters. The van der Waals surface area contributed by atoms with Crippen LogP contribution in [0, 0.1) is 5.92 Å². The normalized spacial score (nSPS) is 16.8. The van der Waals surface area contributed by atoms with Gasteiger partial charge in [-0.1, -0.05) is 0 Å². The zero-order chi connectivity index (χ0) is 16.9. The van der Waals surface area contributed by atoms with E-state index >= 15 is 0 Å². The van der Waals surface area contributed by atoms with Crippen LogP contribution in [0.2, 0.25) is 0 Å². The second-order valence-corrected chi connectivity index (χ2v) is 5.76. The Hall–Kier alpha value is -2.64. The third kappa shape index (κ3) is 3.81. The van der Waals surface area contributed by atoms with Crippen LogP contribution in [0.5, 0.6) is 17.2 Å². The molecule has 0 spiro atoms. The molecule has 1 aromatic carbocycles. The molecule has 3 N–H and O–H groups in total. The molecule has 0 unspecified atom stereocenters. The molecule has 0 aliphatic carbocycles. The highest BCUT2D eigenvalue weighted by Gasteiger charge is 2.25. The number of carbonyl (C=O) groups excluding carboxylic acids is 2. The average molecular weight is 335 g/mol. The van der Waals surface area contributed by atoms with E-state index in [0.717, 1.165) is 0 Å². The van der Waals surface area contributed by atoms with Gasteiger partial charge in [-0.2, -0.15) is 0 Å². The minimum atomic E-state index is -0.285. The molecule has 24 heavy (non-hydrogen) atoms. The number of benzene rings is 1. The van der Waals surface area contributed by atoms with E-state index in [1.54, 1.807) is 23.1 Å². The topological polar surface area (TPSA) is 103 Å². The molecule has 0 radical (unpaired) electrons. The van der Waals surface area contributed by atoms with Crippen LogP contribution in [0.4, 0.5) is 4.79 Å². The molecular weight excluding hydrogens is 314 g/mol. The maximum absolute atomic E-state index is 12.0. The molecule has 130 valence electrons. The first-order valence-corrected chi connectivity index (χ1v) is 7.98. The van der Waals surface area contributed by atoms with Crippen molar-refractivity contribution in [3.63, 3.8) is 0 Å². The van der Waals surface area contributed by atoms with Gasteiger partial charge in [0.25, 0.3) is 0 Å². The summed E-state index contributed by atoms with van der Waals surface area (Å²) in [6.45, 7) is 2.05. The fourth-order valence-corrected chi connectivity index (χ4v) is 2.77. The molecule has 2 heterocycles. The Kier molecular flexibility index (Phi) is 4.93. The van der Waals surface area contributed by atoms with Gasteiger partial charge in [0.05, 0.1) is 6.54 Å². The summed E-state index contributed by atoms with van der Waals surface area (Å²) in [5.74, 6) is 1.62. The number of likely N-dealkylation sites (tertiary alicyclic amines) is 1. The SMILES string of the molecule is NC(=O)C1CCN(C(=O)NCCOc2ccc3c(c2)OCO3)CC1. The predicted octanol–water partition coefficient (Wildman–Crippen LogP) is 0.701. The van der Waals surface area contributed by atoms with Crippen LogP contribution in [-0.2, 0) is 4.79 Å². The van der Waals surface area contributed by atoms with Gasteiger partial charge >= 0.3 is 6.03 Å². The smallest absolute Gasteiger partial charge is 0.317 e. The fraction of sp³-hybridized carbons (Fsp3) is 0.500. The number of fused-ring (bicyclic) bond motifs is 1. The lowest BCUT2D eigenvalue weighted by atomic mass is 9.96. The molecule has 3 amide bonds. The third-order valence-corrected chi connectivity index (χ3v) is 4.18. The van der Waals surface area contributed by atoms with Crippen LogP contribution in [0.3, 0.4) is 0 Å². The van der Waals surface area contributed by atoms with Gasteiger partial charge in [0.2, 0.25) is 12.7 Å². The Balaban J connectivity index is 1.36. The van der Waals surface area contributed by atoms with Crippen LogP contribution in [-0.4, -0.2) is 49.9 Å². The van der Waals surface area contributed by atoms with Crippen molar-refractivity contribution in [2.24, 2.45) is 11.7 Å². The number of hydrogen-bond acceptors (Lipinski definition) is 5. The van der Waals surface area contributed by atoms with E-state index < -0.39 is 0 Å². The Morgan fingerprint density at radius 3 is 2.75 bits per heavy atom. The number of nitrogens with zero attached hydrogens (tertiary/aromatic N) is 1. The Morgan fingerprint density at radius 1 is 1.25 bits per heavy atom. The minimum absolute atomic E-state index is 0.122. The first kappa shape index (κ1) is 16.2. The van der Waals surface area contributed by atoms with E-state index in [2.05, 4.69) is 5.32 Å². The molecule has 0 aromatic heterocycles. The number of urea groups is 1. The summed E-state index contributed by atoms with van der Waals surface area (Å²) < 4.78 is 16.1. The first-order valence-electron chi connectivity index (χ1n) is 7.98. The van der Waals surface area contributed by atoms with Crippen LogP contribution in [0.15, 0.2) is 18.2 Å². The van der Waals surface area contributed by atoms with E-state index in [-0.39, 0.29) is 24.6 Å². The summed E-state index contributed by atoms with van der Waals surface area (Å²) in [5.41, 5.74) is 5.28. The van der Waals surface area contributed by atoms with Crippen molar-refractivity contribution in [2.75, 3.05) is 33.0 Å². The highest BCUT2D eigenvalue weighted by Crippen LogP contribution is 2.34. The Bertz CT molecular complexity index is 614. The van der Waals surface area contributed by atoms with Crippen molar-refractivity contribution in [3.05, 3.63) is 18.2 Å². The van der Waals surface area contributed by atoms with E-state index in [1.165, 1.54) is 0 Å². The molecule has 1 saturated heterocycles. The lowest BCUT2D eigenvalue weighted by Crippen LogP contribution is -2.47. The van der Waals surface area contributed by atoms with E-state index in [0.29, 0.717) is 56.3 Å². The molecule has 2 aliphatic rings. The number of rotatable bonds is 5. The molecule has 3 rings (SSSR count). The van der Waals surface area contributed by atoms with Crippen molar-refractivity contribution < 1.29 is 23.8 Å². The Labute approximate surface area is 139 Å². The van der Waals surface area contributed by atoms with Gasteiger partial charge in [0.1, 0.15) is 12.4 Å². The molecular formula is C16H21N3O5. The van der Waals surface area contributed by atoms with Gasteiger partial charge in [0.15, 0.2) is 11.5 Å². The zero-order valence-electron chi connectivity index (χ0n) is 13.3. The summed E-state index contributed by atoms with van der Waals surface area (Å²) in [4.78, 5) is 24.9. The molecule has 1 aromatic rings. The molecule has 0 saturated carbocycles. The lowest BCUT2D eigenvalue weighted by Gasteiger charge is -2.30. The predicted molar refractivity (Wildman–Crippen MR) is 85.0 cm³/mol. The van der Waals surface area contributed by atoms with E-state index in [4.69, 9.17) is 19.9 Å². The van der Waals surface area contributed by atoms with Crippen LogP contribution in [0.25, 0.3) is 0 Å². The number of nitrogens with two attached hydrogens (primary N) is 1. The number of carbonyl (C=O) groups is 2. The standard InChI is InChI=1S/C16H21N3O5/c17-15(20)11-3-6-19(7-4-11)16(21)18-5-8-22-12-1-2-13-14(9-12)24-10-23-13/h1-2,9,11H,3-8,10H2,(H2,17,20)(H,18,21). The Morgan fingerprint density at radius 2 is 2.00 bits per heavy atom. The highest BCUT2D eigenvalue weighted by molar-refractivity contribution is 5.78. The molecule has 1 fully saturated rings. The number of piperidine rings is 1. The van der Waals surface area contributed by atoms with Crippen molar-refractivity contribution >= 4 is 11.9 Å². The van der Waals surface area contributed by atoms with Crippen LogP contribution in [0.1, 0.15) is 12.8 Å². The maximum atomic E-state index is 12.0. The quantitative estimate of drug-likeness (QED) is 0.771. The van der Waals surface area contributed by atoms with Gasteiger partial charge in [-0.25, -0.2) is 4.79 Å². The fourth-order valence-electron chi connectivity index (χ4n) is 2.77. The number of ether oxygens (including phenoxy) is 3. The second kappa shape index (κ2) is 7.29. The third-order valence-electron chi connectivity index (χ3n) is 4.18. The van der Waals surface area contributed by atoms with Crippen LogP contribution < -0.4 is 25.3 Å². The minimum Gasteiger partial charge on any atom is -0.492 e. The lowest BCUT2D eigenvalue weighted by molar-refractivity contribution is -0.123. The van der Waals surface area contributed by atoms with E-state index in [9.17, 15) is 9.59 Å².